The molecule has 0 N–H and O–H groups in total. The number of carbonyl (C=O) groups is 1. The molecule has 1 aliphatic heterocycles. The minimum absolute atomic E-state index is 0.0333. The first-order chi connectivity index (χ1) is 14.8. The van der Waals surface area contributed by atoms with Crippen molar-refractivity contribution >= 4 is 5.91 Å². The Labute approximate surface area is 183 Å². The Morgan fingerprint density at radius 3 is 2.58 bits per heavy atom. The highest BCUT2D eigenvalue weighted by Gasteiger charge is 2.45. The van der Waals surface area contributed by atoms with Crippen molar-refractivity contribution in [3.05, 3.63) is 29.7 Å². The molecule has 8 nitrogen and oxygen atoms in total. The summed E-state index contributed by atoms with van der Waals surface area (Å²) in [5, 5.41) is 8.95. The fourth-order valence-electron chi connectivity index (χ4n) is 4.96. The van der Waals surface area contributed by atoms with Crippen molar-refractivity contribution in [3.8, 4) is 0 Å². The normalized spacial score (nSPS) is 28.7. The van der Waals surface area contributed by atoms with Crippen LogP contribution in [0.15, 0.2) is 16.9 Å². The number of hydrogen-bond donors (Lipinski definition) is 0. The molecule has 3 fully saturated rings. The largest absolute Gasteiger partial charge is 0.448 e. The van der Waals surface area contributed by atoms with Crippen molar-refractivity contribution in [1.29, 1.82) is 0 Å². The van der Waals surface area contributed by atoms with Crippen molar-refractivity contribution < 1.29 is 13.9 Å². The van der Waals surface area contributed by atoms with E-state index in [0.717, 1.165) is 44.1 Å². The second kappa shape index (κ2) is 7.73. The lowest BCUT2D eigenvalue weighted by Gasteiger charge is -2.37. The quantitative estimate of drug-likeness (QED) is 0.727. The first-order valence-corrected chi connectivity index (χ1v) is 11.5. The third-order valence-electron chi connectivity index (χ3n) is 7.07. The van der Waals surface area contributed by atoms with E-state index in [-0.39, 0.29) is 23.5 Å². The summed E-state index contributed by atoms with van der Waals surface area (Å²) in [6.45, 7) is 10.6. The third-order valence-corrected chi connectivity index (χ3v) is 7.07. The van der Waals surface area contributed by atoms with E-state index in [4.69, 9.17) is 9.15 Å². The monoisotopic (exact) mass is 427 g/mol. The molecule has 0 aromatic carbocycles. The minimum Gasteiger partial charge on any atom is -0.448 e. The van der Waals surface area contributed by atoms with Gasteiger partial charge in [-0.25, -0.2) is 9.67 Å². The Hall–Kier alpha value is -2.22. The Bertz CT molecular complexity index is 941. The van der Waals surface area contributed by atoms with E-state index >= 15 is 0 Å². The molecular formula is C23H33N5O3. The smallest absolute Gasteiger partial charge is 0.275 e. The lowest BCUT2D eigenvalue weighted by atomic mass is 9.77. The molecule has 0 radical (unpaired) electrons. The van der Waals surface area contributed by atoms with Gasteiger partial charge in [0.2, 0.25) is 0 Å². The maximum atomic E-state index is 12.9. The van der Waals surface area contributed by atoms with E-state index < -0.39 is 0 Å². The van der Waals surface area contributed by atoms with Gasteiger partial charge < -0.3 is 14.1 Å². The minimum atomic E-state index is -0.0356. The van der Waals surface area contributed by atoms with Crippen LogP contribution >= 0.6 is 0 Å². The van der Waals surface area contributed by atoms with Gasteiger partial charge in [-0.05, 0) is 43.4 Å². The molecule has 2 aliphatic carbocycles. The Kier molecular flexibility index (Phi) is 5.15. The number of aryl methyl sites for hydroxylation is 1. The van der Waals surface area contributed by atoms with Gasteiger partial charge in [0.25, 0.3) is 5.91 Å². The fourth-order valence-corrected chi connectivity index (χ4v) is 4.96. The zero-order valence-corrected chi connectivity index (χ0v) is 19.0. The molecule has 1 saturated heterocycles. The highest BCUT2D eigenvalue weighted by atomic mass is 16.5. The van der Waals surface area contributed by atoms with Crippen molar-refractivity contribution in [2.75, 3.05) is 19.7 Å². The van der Waals surface area contributed by atoms with Crippen molar-refractivity contribution in [2.24, 2.45) is 17.8 Å². The van der Waals surface area contributed by atoms with Gasteiger partial charge in [0.05, 0.1) is 17.8 Å². The van der Waals surface area contributed by atoms with Crippen LogP contribution in [-0.2, 0) is 10.2 Å². The molecule has 3 aliphatic rings. The zero-order chi connectivity index (χ0) is 21.8. The molecule has 8 heteroatoms. The van der Waals surface area contributed by atoms with Crippen LogP contribution < -0.4 is 0 Å². The van der Waals surface area contributed by atoms with Crippen LogP contribution in [0.1, 0.15) is 74.6 Å². The van der Waals surface area contributed by atoms with Gasteiger partial charge in [-0.15, -0.1) is 5.10 Å². The summed E-state index contributed by atoms with van der Waals surface area (Å²) in [4.78, 5) is 19.1. The number of aromatic nitrogens is 4. The van der Waals surface area contributed by atoms with Crippen molar-refractivity contribution in [2.45, 2.75) is 70.9 Å². The van der Waals surface area contributed by atoms with Gasteiger partial charge in [0.15, 0.2) is 11.6 Å². The molecule has 0 spiro atoms. The molecule has 0 bridgehead atoms. The standard InChI is InChI=1S/C23H33N5O3/c1-14-24-18(13-30-14)22(29)27-9-16-7-19(28-11-21(25-26-28)23(2,3)4)20(8-17(16)10-27)31-12-15-5-6-15/h11,13,15-17,19-20H,5-10,12H2,1-4H3/t16-,17+,19-,20-/m1/s1. The van der Waals surface area contributed by atoms with Crippen molar-refractivity contribution in [1.82, 2.24) is 24.9 Å². The second-order valence-electron chi connectivity index (χ2n) is 10.7. The van der Waals surface area contributed by atoms with Crippen LogP contribution in [0.5, 0.6) is 0 Å². The summed E-state index contributed by atoms with van der Waals surface area (Å²) in [7, 11) is 0. The van der Waals surface area contributed by atoms with Crippen LogP contribution in [-0.4, -0.2) is 56.6 Å². The van der Waals surface area contributed by atoms with Crippen LogP contribution in [0, 0.1) is 24.7 Å². The number of amides is 1. The summed E-state index contributed by atoms with van der Waals surface area (Å²) in [5.74, 6) is 2.09. The van der Waals surface area contributed by atoms with Crippen LogP contribution in [0.3, 0.4) is 0 Å². The predicted molar refractivity (Wildman–Crippen MR) is 114 cm³/mol. The lowest BCUT2D eigenvalue weighted by molar-refractivity contribution is -0.0375. The van der Waals surface area contributed by atoms with Crippen LogP contribution in [0.25, 0.3) is 0 Å². The molecule has 0 unspecified atom stereocenters. The Balaban J connectivity index is 1.33. The number of oxazole rings is 1. The summed E-state index contributed by atoms with van der Waals surface area (Å²) in [6.07, 6.45) is 8.13. The number of hydrogen-bond acceptors (Lipinski definition) is 6. The highest BCUT2D eigenvalue weighted by molar-refractivity contribution is 5.92. The first-order valence-electron chi connectivity index (χ1n) is 11.5. The topological polar surface area (TPSA) is 86.3 Å². The van der Waals surface area contributed by atoms with E-state index in [1.165, 1.54) is 19.1 Å². The highest BCUT2D eigenvalue weighted by Crippen LogP contribution is 2.43. The zero-order valence-electron chi connectivity index (χ0n) is 19.0. The molecule has 2 saturated carbocycles. The van der Waals surface area contributed by atoms with Crippen LogP contribution in [0.2, 0.25) is 0 Å². The van der Waals surface area contributed by atoms with E-state index in [1.54, 1.807) is 6.92 Å². The molecule has 31 heavy (non-hydrogen) atoms. The van der Waals surface area contributed by atoms with E-state index in [1.807, 2.05) is 9.58 Å². The van der Waals surface area contributed by atoms with E-state index in [0.29, 0.717) is 23.4 Å². The maximum Gasteiger partial charge on any atom is 0.275 e. The molecule has 2 aromatic heterocycles. The molecule has 2 aromatic rings. The summed E-state index contributed by atoms with van der Waals surface area (Å²) in [6, 6.07) is 0.160. The Morgan fingerprint density at radius 1 is 1.23 bits per heavy atom. The van der Waals surface area contributed by atoms with Gasteiger partial charge >= 0.3 is 0 Å². The van der Waals surface area contributed by atoms with Crippen molar-refractivity contribution in [3.63, 3.8) is 0 Å². The van der Waals surface area contributed by atoms with Gasteiger partial charge in [-0.2, -0.15) is 0 Å². The average Bonchev–Trinajstić information content (AvgIpc) is 3.09. The number of rotatable bonds is 5. The maximum absolute atomic E-state index is 12.9. The van der Waals surface area contributed by atoms with Gasteiger partial charge in [-0.1, -0.05) is 26.0 Å². The molecule has 3 heterocycles. The molecule has 5 rings (SSSR count). The lowest BCUT2D eigenvalue weighted by Crippen LogP contribution is -2.38. The molecule has 1 amide bonds. The van der Waals surface area contributed by atoms with Gasteiger partial charge in [-0.3, -0.25) is 4.79 Å². The Morgan fingerprint density at radius 2 is 1.97 bits per heavy atom. The molecule has 4 atom stereocenters. The second-order valence-corrected chi connectivity index (χ2v) is 10.7. The number of ether oxygens (including phenoxy) is 1. The van der Waals surface area contributed by atoms with Gasteiger partial charge in [0, 0.05) is 38.2 Å². The third kappa shape index (κ3) is 4.27. The fraction of sp³-hybridized carbons (Fsp3) is 0.739. The van der Waals surface area contributed by atoms with E-state index in [9.17, 15) is 4.79 Å². The molecule has 168 valence electrons. The first kappa shape index (κ1) is 20.7. The predicted octanol–water partition coefficient (Wildman–Crippen LogP) is 3.39. The summed E-state index contributed by atoms with van der Waals surface area (Å²) in [5.41, 5.74) is 1.37. The number of carbonyl (C=O) groups excluding carboxylic acids is 1. The number of fused-ring (bicyclic) bond motifs is 1. The van der Waals surface area contributed by atoms with E-state index in [2.05, 4.69) is 42.3 Å². The van der Waals surface area contributed by atoms with Crippen LogP contribution in [0.4, 0.5) is 0 Å². The molecular weight excluding hydrogens is 394 g/mol. The number of likely N-dealkylation sites (tertiary alicyclic amines) is 1. The average molecular weight is 428 g/mol. The number of nitrogens with zero attached hydrogens (tertiary/aromatic N) is 5. The summed E-state index contributed by atoms with van der Waals surface area (Å²) >= 11 is 0. The van der Waals surface area contributed by atoms with Gasteiger partial charge in [0.1, 0.15) is 6.26 Å². The summed E-state index contributed by atoms with van der Waals surface area (Å²) < 4.78 is 13.7. The SMILES string of the molecule is Cc1nc(C(=O)N2C[C@H]3C[C@@H](n4cc(C(C)(C)C)nn4)[C@H](OCC4CC4)C[C@H]3C2)co1.